The molecule has 0 fully saturated rings. The van der Waals surface area contributed by atoms with E-state index in [1.165, 1.54) is 6.20 Å². The van der Waals surface area contributed by atoms with Crippen molar-refractivity contribution in [3.63, 3.8) is 0 Å². The Hall–Kier alpha value is -2.63. The first kappa shape index (κ1) is 24.0. The van der Waals surface area contributed by atoms with Crippen molar-refractivity contribution in [2.45, 2.75) is 39.5 Å². The number of carbonyl (C=O) groups excluding carboxylic acids is 1. The summed E-state index contributed by atoms with van der Waals surface area (Å²) in [7, 11) is 1.63. The van der Waals surface area contributed by atoms with Crippen molar-refractivity contribution in [1.82, 2.24) is 9.97 Å². The number of benzene rings is 2. The summed E-state index contributed by atoms with van der Waals surface area (Å²) in [4.78, 5) is 21.3. The summed E-state index contributed by atoms with van der Waals surface area (Å²) >= 11 is 12.7. The summed E-state index contributed by atoms with van der Waals surface area (Å²) in [6, 6.07) is 9.56. The number of aryl methyl sites for hydroxylation is 1. The predicted molar refractivity (Wildman–Crippen MR) is 128 cm³/mol. The fourth-order valence-corrected chi connectivity index (χ4v) is 4.03. The molecule has 0 spiro atoms. The summed E-state index contributed by atoms with van der Waals surface area (Å²) in [5.74, 6) is 1.08. The van der Waals surface area contributed by atoms with Crippen LogP contribution in [0.2, 0.25) is 10.2 Å². The molecule has 0 bridgehead atoms. The topological polar surface area (TPSA) is 61.3 Å². The largest absolute Gasteiger partial charge is 0.497 e. The van der Waals surface area contributed by atoms with E-state index in [0.717, 1.165) is 28.0 Å². The number of methoxy groups -OCH3 is 1. The normalized spacial score (nSPS) is 11.8. The third-order valence-electron chi connectivity index (χ3n) is 5.45. The Bertz CT molecular complexity index is 1100. The molecule has 32 heavy (non-hydrogen) atoms. The molecule has 1 aromatic heterocycles. The van der Waals surface area contributed by atoms with Crippen LogP contribution >= 0.6 is 23.2 Å². The minimum Gasteiger partial charge on any atom is -0.497 e. The number of carbonyl (C=O) groups is 1. The number of ketones is 1. The first-order chi connectivity index (χ1) is 15.4. The standard InChI is InChI=1S/C25H26Cl2N2O3/c1-5-32-24-19(15(2)22(30)11-10-21-25(27)29-13-12-28-21)14-20(26)16(3)23(24)17-6-8-18(31-4)9-7-17/h6-9,12-15H,5,10-11H2,1-4H3. The van der Waals surface area contributed by atoms with Crippen LogP contribution in [-0.4, -0.2) is 29.5 Å². The molecule has 0 amide bonds. The predicted octanol–water partition coefficient (Wildman–Crippen LogP) is 6.47. The average Bonchev–Trinajstić information content (AvgIpc) is 2.80. The number of hydrogen-bond acceptors (Lipinski definition) is 5. The van der Waals surface area contributed by atoms with Crippen LogP contribution in [0.5, 0.6) is 11.5 Å². The van der Waals surface area contributed by atoms with Crippen molar-refractivity contribution in [2.24, 2.45) is 0 Å². The maximum absolute atomic E-state index is 13.1. The van der Waals surface area contributed by atoms with Crippen molar-refractivity contribution >= 4 is 29.0 Å². The van der Waals surface area contributed by atoms with Crippen LogP contribution in [0.4, 0.5) is 0 Å². The molecule has 5 nitrogen and oxygen atoms in total. The van der Waals surface area contributed by atoms with Crippen LogP contribution in [0.1, 0.15) is 43.0 Å². The van der Waals surface area contributed by atoms with Crippen LogP contribution in [0, 0.1) is 6.92 Å². The number of Topliss-reactive ketones (excluding diaryl/α,β-unsaturated/α-hetero) is 1. The number of aromatic nitrogens is 2. The van der Waals surface area contributed by atoms with Crippen LogP contribution in [0.3, 0.4) is 0 Å². The molecule has 0 N–H and O–H groups in total. The highest BCUT2D eigenvalue weighted by Crippen LogP contribution is 2.43. The molecule has 0 aliphatic carbocycles. The highest BCUT2D eigenvalue weighted by molar-refractivity contribution is 6.32. The van der Waals surface area contributed by atoms with Gasteiger partial charge in [0.15, 0.2) is 0 Å². The number of nitrogens with zero attached hydrogens (tertiary/aromatic N) is 2. The third kappa shape index (κ3) is 5.22. The van der Waals surface area contributed by atoms with Crippen LogP contribution in [0.15, 0.2) is 42.7 Å². The smallest absolute Gasteiger partial charge is 0.150 e. The lowest BCUT2D eigenvalue weighted by Crippen LogP contribution is -2.13. The van der Waals surface area contributed by atoms with Gasteiger partial charge in [0.1, 0.15) is 22.4 Å². The fraction of sp³-hybridized carbons (Fsp3) is 0.320. The van der Waals surface area contributed by atoms with E-state index in [9.17, 15) is 4.79 Å². The quantitative estimate of drug-likeness (QED) is 0.356. The first-order valence-electron chi connectivity index (χ1n) is 10.5. The van der Waals surface area contributed by atoms with E-state index in [1.54, 1.807) is 13.3 Å². The molecule has 2 aromatic carbocycles. The summed E-state index contributed by atoms with van der Waals surface area (Å²) in [6.07, 6.45) is 3.81. The molecule has 1 unspecified atom stereocenters. The van der Waals surface area contributed by atoms with Crippen molar-refractivity contribution in [3.8, 4) is 22.6 Å². The molecule has 0 radical (unpaired) electrons. The van der Waals surface area contributed by atoms with E-state index in [0.29, 0.717) is 34.6 Å². The van der Waals surface area contributed by atoms with Gasteiger partial charge < -0.3 is 9.47 Å². The minimum absolute atomic E-state index is 0.0493. The average molecular weight is 473 g/mol. The number of rotatable bonds is 9. The molecule has 0 saturated heterocycles. The van der Waals surface area contributed by atoms with Gasteiger partial charge in [-0.1, -0.05) is 42.3 Å². The zero-order chi connectivity index (χ0) is 23.3. The summed E-state index contributed by atoms with van der Waals surface area (Å²) in [6.45, 7) is 6.22. The Morgan fingerprint density at radius 3 is 2.44 bits per heavy atom. The Morgan fingerprint density at radius 1 is 1.12 bits per heavy atom. The monoisotopic (exact) mass is 472 g/mol. The van der Waals surface area contributed by atoms with E-state index >= 15 is 0 Å². The second-order valence-electron chi connectivity index (χ2n) is 7.42. The van der Waals surface area contributed by atoms with Gasteiger partial charge in [0.25, 0.3) is 0 Å². The molecule has 0 aliphatic rings. The van der Waals surface area contributed by atoms with Gasteiger partial charge >= 0.3 is 0 Å². The van der Waals surface area contributed by atoms with Crippen molar-refractivity contribution in [2.75, 3.05) is 13.7 Å². The Labute approximate surface area is 198 Å². The van der Waals surface area contributed by atoms with Crippen LogP contribution in [0.25, 0.3) is 11.1 Å². The maximum Gasteiger partial charge on any atom is 0.150 e. The molecule has 0 aliphatic heterocycles. The second kappa shape index (κ2) is 10.8. The second-order valence-corrected chi connectivity index (χ2v) is 8.19. The molecule has 0 saturated carbocycles. The lowest BCUT2D eigenvalue weighted by atomic mass is 9.88. The van der Waals surface area contributed by atoms with Gasteiger partial charge in [-0.15, -0.1) is 0 Å². The highest BCUT2D eigenvalue weighted by atomic mass is 35.5. The number of ether oxygens (including phenoxy) is 2. The number of hydrogen-bond donors (Lipinski definition) is 0. The van der Waals surface area contributed by atoms with Gasteiger partial charge in [-0.05, 0) is 49.6 Å². The molecule has 1 heterocycles. The lowest BCUT2D eigenvalue weighted by molar-refractivity contribution is -0.120. The molecule has 168 valence electrons. The molecule has 7 heteroatoms. The molecule has 1 atom stereocenters. The van der Waals surface area contributed by atoms with Crippen molar-refractivity contribution in [3.05, 3.63) is 69.7 Å². The maximum atomic E-state index is 13.1. The van der Waals surface area contributed by atoms with E-state index in [4.69, 9.17) is 32.7 Å². The van der Waals surface area contributed by atoms with Crippen molar-refractivity contribution in [1.29, 1.82) is 0 Å². The van der Waals surface area contributed by atoms with E-state index in [1.807, 2.05) is 51.1 Å². The van der Waals surface area contributed by atoms with Crippen LogP contribution in [-0.2, 0) is 11.2 Å². The van der Waals surface area contributed by atoms with Gasteiger partial charge in [-0.2, -0.15) is 0 Å². The van der Waals surface area contributed by atoms with Gasteiger partial charge in [-0.25, -0.2) is 4.98 Å². The molecule has 3 aromatic rings. The SMILES string of the molecule is CCOc1c(C(C)C(=O)CCc2nccnc2Cl)cc(Cl)c(C)c1-c1ccc(OC)cc1. The summed E-state index contributed by atoms with van der Waals surface area (Å²) < 4.78 is 11.4. The van der Waals surface area contributed by atoms with E-state index in [-0.39, 0.29) is 12.2 Å². The minimum atomic E-state index is -0.415. The molecular weight excluding hydrogens is 447 g/mol. The first-order valence-corrected chi connectivity index (χ1v) is 11.2. The Morgan fingerprint density at radius 2 is 1.81 bits per heavy atom. The number of halogens is 2. The zero-order valence-corrected chi connectivity index (χ0v) is 20.1. The van der Waals surface area contributed by atoms with Gasteiger partial charge in [0.2, 0.25) is 0 Å². The molecule has 3 rings (SSSR count). The fourth-order valence-electron chi connectivity index (χ4n) is 3.62. The van der Waals surface area contributed by atoms with Gasteiger partial charge in [0.05, 0.1) is 19.4 Å². The van der Waals surface area contributed by atoms with Crippen LogP contribution < -0.4 is 9.47 Å². The van der Waals surface area contributed by atoms with Crippen molar-refractivity contribution < 1.29 is 14.3 Å². The lowest BCUT2D eigenvalue weighted by Gasteiger charge is -2.22. The molecular formula is C25H26Cl2N2O3. The Balaban J connectivity index is 1.98. The summed E-state index contributed by atoms with van der Waals surface area (Å²) in [5.41, 5.74) is 4.11. The van der Waals surface area contributed by atoms with E-state index in [2.05, 4.69) is 9.97 Å². The van der Waals surface area contributed by atoms with Gasteiger partial charge in [0, 0.05) is 40.9 Å². The zero-order valence-electron chi connectivity index (χ0n) is 18.6. The van der Waals surface area contributed by atoms with Gasteiger partial charge in [-0.3, -0.25) is 9.78 Å². The highest BCUT2D eigenvalue weighted by Gasteiger charge is 2.25. The third-order valence-corrected chi connectivity index (χ3v) is 6.16. The Kier molecular flexibility index (Phi) is 8.10. The summed E-state index contributed by atoms with van der Waals surface area (Å²) in [5, 5.41) is 0.911. The van der Waals surface area contributed by atoms with E-state index < -0.39 is 5.92 Å².